The molecule has 86 valence electrons. The van der Waals surface area contributed by atoms with Crippen molar-refractivity contribution in [3.8, 4) is 0 Å². The maximum atomic E-state index is 11.2. The predicted octanol–water partition coefficient (Wildman–Crippen LogP) is 1.14. The lowest BCUT2D eigenvalue weighted by atomic mass is 10.1. The van der Waals surface area contributed by atoms with Gasteiger partial charge in [-0.3, -0.25) is 9.31 Å². The molecule has 1 aromatic rings. The molecule has 5 heteroatoms. The molecule has 0 aromatic carbocycles. The van der Waals surface area contributed by atoms with Gasteiger partial charge in [0, 0.05) is 46.1 Å². The van der Waals surface area contributed by atoms with Crippen LogP contribution in [0.25, 0.3) is 0 Å². The zero-order valence-corrected chi connectivity index (χ0v) is 10.4. The molecule has 2 N–H and O–H groups in total. The number of rotatable bonds is 6. The second-order valence-electron chi connectivity index (χ2n) is 3.56. The zero-order valence-electron chi connectivity index (χ0n) is 9.54. The van der Waals surface area contributed by atoms with E-state index in [-0.39, 0.29) is 6.04 Å². The van der Waals surface area contributed by atoms with Crippen molar-refractivity contribution in [1.29, 1.82) is 0 Å². The van der Waals surface area contributed by atoms with Gasteiger partial charge in [-0.15, -0.1) is 0 Å². The van der Waals surface area contributed by atoms with Gasteiger partial charge in [0.2, 0.25) is 0 Å². The standard InChI is InChI=1S/C10H19N3OS/c1-4-15(14)6-5-11-8(2)10-7-12-13-9(10)3/h7-8,11H,4-6H2,1-3H3,(H,12,13). The quantitative estimate of drug-likeness (QED) is 0.769. The Kier molecular flexibility index (Phi) is 4.98. The van der Waals surface area contributed by atoms with E-state index in [9.17, 15) is 4.21 Å². The highest BCUT2D eigenvalue weighted by atomic mass is 32.2. The molecule has 0 aliphatic rings. The Bertz CT molecular complexity index is 324. The van der Waals surface area contributed by atoms with E-state index in [2.05, 4.69) is 22.4 Å². The molecule has 0 saturated heterocycles. The molecule has 0 amide bonds. The molecule has 15 heavy (non-hydrogen) atoms. The molecule has 4 nitrogen and oxygen atoms in total. The van der Waals surface area contributed by atoms with Crippen LogP contribution in [0.3, 0.4) is 0 Å². The summed E-state index contributed by atoms with van der Waals surface area (Å²) in [5.74, 6) is 1.46. The first-order valence-electron chi connectivity index (χ1n) is 5.23. The lowest BCUT2D eigenvalue weighted by Crippen LogP contribution is -2.24. The third-order valence-corrected chi connectivity index (χ3v) is 3.74. The highest BCUT2D eigenvalue weighted by molar-refractivity contribution is 7.84. The van der Waals surface area contributed by atoms with E-state index in [0.717, 1.165) is 23.7 Å². The van der Waals surface area contributed by atoms with Crippen LogP contribution in [0.4, 0.5) is 0 Å². The second kappa shape index (κ2) is 6.02. The number of nitrogens with one attached hydrogen (secondary N) is 2. The lowest BCUT2D eigenvalue weighted by molar-refractivity contribution is 0.594. The van der Waals surface area contributed by atoms with Crippen LogP contribution in [-0.2, 0) is 10.8 Å². The first kappa shape index (κ1) is 12.4. The van der Waals surface area contributed by atoms with Crippen LogP contribution in [0.15, 0.2) is 6.20 Å². The van der Waals surface area contributed by atoms with E-state index < -0.39 is 10.8 Å². The zero-order chi connectivity index (χ0) is 11.3. The van der Waals surface area contributed by atoms with Crippen molar-refractivity contribution in [3.05, 3.63) is 17.5 Å². The largest absolute Gasteiger partial charge is 0.309 e. The van der Waals surface area contributed by atoms with Crippen molar-refractivity contribution < 1.29 is 4.21 Å². The smallest absolute Gasteiger partial charge is 0.0537 e. The summed E-state index contributed by atoms with van der Waals surface area (Å²) in [6.45, 7) is 6.82. The summed E-state index contributed by atoms with van der Waals surface area (Å²) in [5.41, 5.74) is 2.27. The Morgan fingerprint density at radius 3 is 2.93 bits per heavy atom. The minimum Gasteiger partial charge on any atom is -0.309 e. The normalized spacial score (nSPS) is 15.1. The molecule has 0 saturated carbocycles. The number of hydrogen-bond donors (Lipinski definition) is 2. The van der Waals surface area contributed by atoms with Crippen LogP contribution in [0, 0.1) is 6.92 Å². The maximum absolute atomic E-state index is 11.2. The summed E-state index contributed by atoms with van der Waals surface area (Å²) >= 11 is 0. The van der Waals surface area contributed by atoms with Crippen molar-refractivity contribution in [3.63, 3.8) is 0 Å². The van der Waals surface area contributed by atoms with Gasteiger partial charge < -0.3 is 5.32 Å². The third kappa shape index (κ3) is 3.76. The van der Waals surface area contributed by atoms with Gasteiger partial charge in [-0.2, -0.15) is 5.10 Å². The molecule has 1 aromatic heterocycles. The van der Waals surface area contributed by atoms with Crippen molar-refractivity contribution in [2.24, 2.45) is 0 Å². The summed E-state index contributed by atoms with van der Waals surface area (Å²) in [5, 5.41) is 10.2. The molecule has 0 bridgehead atoms. The Labute approximate surface area is 93.3 Å². The molecule has 2 unspecified atom stereocenters. The molecule has 1 heterocycles. The monoisotopic (exact) mass is 229 g/mol. The van der Waals surface area contributed by atoms with Gasteiger partial charge >= 0.3 is 0 Å². The fourth-order valence-electron chi connectivity index (χ4n) is 1.44. The fourth-order valence-corrected chi connectivity index (χ4v) is 2.07. The van der Waals surface area contributed by atoms with Crippen molar-refractivity contribution in [2.75, 3.05) is 18.1 Å². The molecule has 2 atom stereocenters. The van der Waals surface area contributed by atoms with Gasteiger partial charge in [0.15, 0.2) is 0 Å². The van der Waals surface area contributed by atoms with Crippen LogP contribution in [0.2, 0.25) is 0 Å². The van der Waals surface area contributed by atoms with Crippen molar-refractivity contribution in [1.82, 2.24) is 15.5 Å². The molecule has 0 radical (unpaired) electrons. The number of aromatic amines is 1. The summed E-state index contributed by atoms with van der Waals surface area (Å²) in [4.78, 5) is 0. The van der Waals surface area contributed by atoms with Crippen LogP contribution in [0.1, 0.15) is 31.1 Å². The van der Waals surface area contributed by atoms with E-state index in [1.165, 1.54) is 5.56 Å². The molecule has 0 aliphatic heterocycles. The van der Waals surface area contributed by atoms with Gasteiger partial charge in [-0.05, 0) is 13.8 Å². The van der Waals surface area contributed by atoms with E-state index in [4.69, 9.17) is 0 Å². The topological polar surface area (TPSA) is 57.8 Å². The van der Waals surface area contributed by atoms with E-state index in [1.807, 2.05) is 20.0 Å². The van der Waals surface area contributed by atoms with Gasteiger partial charge in [0.25, 0.3) is 0 Å². The summed E-state index contributed by atoms with van der Waals surface area (Å²) in [6, 6.07) is 0.262. The highest BCUT2D eigenvalue weighted by Gasteiger charge is 2.09. The van der Waals surface area contributed by atoms with Crippen LogP contribution in [-0.4, -0.2) is 32.5 Å². The molecular formula is C10H19N3OS. The fraction of sp³-hybridized carbons (Fsp3) is 0.700. The number of aromatic nitrogens is 2. The summed E-state index contributed by atoms with van der Waals surface area (Å²) in [7, 11) is -0.681. The number of H-pyrrole nitrogens is 1. The minimum absolute atomic E-state index is 0.262. The Hall–Kier alpha value is -0.680. The SMILES string of the molecule is CCS(=O)CCNC(C)c1cn[nH]c1C. The first-order chi connectivity index (χ1) is 7.15. The van der Waals surface area contributed by atoms with Gasteiger partial charge in [-0.25, -0.2) is 0 Å². The van der Waals surface area contributed by atoms with Crippen molar-refractivity contribution in [2.45, 2.75) is 26.8 Å². The van der Waals surface area contributed by atoms with Gasteiger partial charge in [0.05, 0.1) is 6.20 Å². The number of aryl methyl sites for hydroxylation is 1. The van der Waals surface area contributed by atoms with E-state index >= 15 is 0 Å². The summed E-state index contributed by atoms with van der Waals surface area (Å²) < 4.78 is 11.2. The van der Waals surface area contributed by atoms with Crippen molar-refractivity contribution >= 4 is 10.8 Å². The predicted molar refractivity (Wildman–Crippen MR) is 63.3 cm³/mol. The maximum Gasteiger partial charge on any atom is 0.0537 e. The Balaban J connectivity index is 2.34. The van der Waals surface area contributed by atoms with Gasteiger partial charge in [0.1, 0.15) is 0 Å². The highest BCUT2D eigenvalue weighted by Crippen LogP contribution is 2.13. The first-order valence-corrected chi connectivity index (χ1v) is 6.72. The Morgan fingerprint density at radius 2 is 2.40 bits per heavy atom. The number of hydrogen-bond acceptors (Lipinski definition) is 3. The third-order valence-electron chi connectivity index (χ3n) is 2.44. The van der Waals surface area contributed by atoms with Crippen LogP contribution < -0.4 is 5.32 Å². The molecule has 1 rings (SSSR count). The Morgan fingerprint density at radius 1 is 1.67 bits per heavy atom. The molecule has 0 aliphatic carbocycles. The van der Waals surface area contributed by atoms with Crippen LogP contribution >= 0.6 is 0 Å². The minimum atomic E-state index is -0.681. The summed E-state index contributed by atoms with van der Waals surface area (Å²) in [6.07, 6.45) is 1.84. The lowest BCUT2D eigenvalue weighted by Gasteiger charge is -2.12. The van der Waals surface area contributed by atoms with Crippen LogP contribution in [0.5, 0.6) is 0 Å². The van der Waals surface area contributed by atoms with E-state index in [1.54, 1.807) is 0 Å². The molecular weight excluding hydrogens is 210 g/mol. The average Bonchev–Trinajstić information content (AvgIpc) is 2.64. The molecule has 0 fully saturated rings. The average molecular weight is 229 g/mol. The second-order valence-corrected chi connectivity index (χ2v) is 5.42. The number of nitrogens with zero attached hydrogens (tertiary/aromatic N) is 1. The van der Waals surface area contributed by atoms with Gasteiger partial charge in [-0.1, -0.05) is 6.92 Å². The molecule has 0 spiro atoms. The van der Waals surface area contributed by atoms with E-state index in [0.29, 0.717) is 0 Å².